The summed E-state index contributed by atoms with van der Waals surface area (Å²) in [5.74, 6) is 0. The van der Waals surface area contributed by atoms with Gasteiger partial charge in [-0.05, 0) is 13.8 Å². The number of hydrogen-bond acceptors (Lipinski definition) is 5. The first kappa shape index (κ1) is 15.2. The minimum absolute atomic E-state index is 0.0242. The molecule has 0 amide bonds. The lowest BCUT2D eigenvalue weighted by Gasteiger charge is -2.43. The highest BCUT2D eigenvalue weighted by Gasteiger charge is 2.27. The van der Waals surface area contributed by atoms with Crippen LogP contribution in [0, 0.1) is 0 Å². The van der Waals surface area contributed by atoms with Gasteiger partial charge in [0.25, 0.3) is 0 Å². The summed E-state index contributed by atoms with van der Waals surface area (Å²) in [5.41, 5.74) is 0. The fraction of sp³-hybridized carbons (Fsp3) is 1.00. The standard InChI is InChI=1S/C14H29N3O2/c1-3-18-14(19-4-2)5-6-16-7-9-17(10-8-16)13-11-15-12-13/h13-15H,3-12H2,1-2H3. The van der Waals surface area contributed by atoms with Crippen molar-refractivity contribution >= 4 is 0 Å². The van der Waals surface area contributed by atoms with E-state index >= 15 is 0 Å². The van der Waals surface area contributed by atoms with Gasteiger partial charge in [-0.15, -0.1) is 0 Å². The van der Waals surface area contributed by atoms with Crippen LogP contribution in [0.25, 0.3) is 0 Å². The molecule has 5 heteroatoms. The summed E-state index contributed by atoms with van der Waals surface area (Å²) in [5, 5.41) is 3.35. The van der Waals surface area contributed by atoms with E-state index in [4.69, 9.17) is 9.47 Å². The number of nitrogens with one attached hydrogen (secondary N) is 1. The smallest absolute Gasteiger partial charge is 0.158 e. The Morgan fingerprint density at radius 2 is 1.68 bits per heavy atom. The van der Waals surface area contributed by atoms with Crippen molar-refractivity contribution < 1.29 is 9.47 Å². The predicted molar refractivity (Wildman–Crippen MR) is 76.3 cm³/mol. The van der Waals surface area contributed by atoms with Crippen molar-refractivity contribution in [2.75, 3.05) is 59.0 Å². The Bertz CT molecular complexity index is 235. The van der Waals surface area contributed by atoms with Gasteiger partial charge in [0.15, 0.2) is 6.29 Å². The van der Waals surface area contributed by atoms with Gasteiger partial charge in [-0.1, -0.05) is 0 Å². The Labute approximate surface area is 117 Å². The van der Waals surface area contributed by atoms with E-state index in [1.54, 1.807) is 0 Å². The van der Waals surface area contributed by atoms with E-state index in [0.29, 0.717) is 0 Å². The van der Waals surface area contributed by atoms with Crippen molar-refractivity contribution in [2.45, 2.75) is 32.6 Å². The summed E-state index contributed by atoms with van der Waals surface area (Å²) in [6.07, 6.45) is 0.955. The summed E-state index contributed by atoms with van der Waals surface area (Å²) in [7, 11) is 0. The lowest BCUT2D eigenvalue weighted by molar-refractivity contribution is -0.142. The Balaban J connectivity index is 1.61. The van der Waals surface area contributed by atoms with Crippen LogP contribution in [0.5, 0.6) is 0 Å². The first-order valence-electron chi connectivity index (χ1n) is 7.73. The molecule has 2 aliphatic rings. The molecule has 1 N–H and O–H groups in total. The van der Waals surface area contributed by atoms with Crippen LogP contribution in [0.15, 0.2) is 0 Å². The molecule has 0 unspecified atom stereocenters. The van der Waals surface area contributed by atoms with E-state index in [1.807, 2.05) is 13.8 Å². The second-order valence-electron chi connectivity index (χ2n) is 5.32. The molecule has 2 saturated heterocycles. The van der Waals surface area contributed by atoms with Crippen LogP contribution >= 0.6 is 0 Å². The van der Waals surface area contributed by atoms with Crippen LogP contribution in [0.2, 0.25) is 0 Å². The molecule has 0 aliphatic carbocycles. The zero-order valence-electron chi connectivity index (χ0n) is 12.4. The van der Waals surface area contributed by atoms with Gasteiger partial charge in [-0.2, -0.15) is 0 Å². The van der Waals surface area contributed by atoms with Crippen LogP contribution in [-0.4, -0.2) is 81.2 Å². The molecule has 0 spiro atoms. The van der Waals surface area contributed by atoms with Gasteiger partial charge >= 0.3 is 0 Å². The highest BCUT2D eigenvalue weighted by atomic mass is 16.7. The first-order valence-corrected chi connectivity index (χ1v) is 7.73. The Morgan fingerprint density at radius 3 is 2.16 bits per heavy atom. The molecular formula is C14H29N3O2. The van der Waals surface area contributed by atoms with E-state index < -0.39 is 0 Å². The fourth-order valence-corrected chi connectivity index (χ4v) is 2.76. The van der Waals surface area contributed by atoms with Crippen molar-refractivity contribution in [3.63, 3.8) is 0 Å². The minimum Gasteiger partial charge on any atom is -0.353 e. The third-order valence-electron chi connectivity index (χ3n) is 4.07. The summed E-state index contributed by atoms with van der Waals surface area (Å²) in [4.78, 5) is 5.16. The summed E-state index contributed by atoms with van der Waals surface area (Å²) in [6.45, 7) is 13.7. The lowest BCUT2D eigenvalue weighted by Crippen LogP contribution is -2.61. The van der Waals surface area contributed by atoms with Gasteiger partial charge in [-0.25, -0.2) is 0 Å². The first-order chi connectivity index (χ1) is 9.33. The van der Waals surface area contributed by atoms with Gasteiger partial charge in [0.2, 0.25) is 0 Å². The van der Waals surface area contributed by atoms with Crippen LogP contribution in [0.3, 0.4) is 0 Å². The molecule has 2 heterocycles. The molecule has 0 saturated carbocycles. The highest BCUT2D eigenvalue weighted by molar-refractivity contribution is 4.87. The molecule has 2 aliphatic heterocycles. The number of ether oxygens (including phenoxy) is 2. The molecule has 0 atom stereocenters. The van der Waals surface area contributed by atoms with E-state index in [0.717, 1.165) is 32.2 Å². The normalized spacial score (nSPS) is 22.9. The Hall–Kier alpha value is -0.200. The van der Waals surface area contributed by atoms with Crippen LogP contribution in [0.1, 0.15) is 20.3 Å². The van der Waals surface area contributed by atoms with Gasteiger partial charge in [0.05, 0.1) is 0 Å². The molecule has 0 bridgehead atoms. The van der Waals surface area contributed by atoms with Crippen LogP contribution in [-0.2, 0) is 9.47 Å². The molecule has 19 heavy (non-hydrogen) atoms. The third-order valence-corrected chi connectivity index (χ3v) is 4.07. The van der Waals surface area contributed by atoms with Gasteiger partial charge in [-0.3, -0.25) is 4.90 Å². The van der Waals surface area contributed by atoms with Crippen molar-refractivity contribution in [1.29, 1.82) is 0 Å². The zero-order valence-corrected chi connectivity index (χ0v) is 12.4. The maximum atomic E-state index is 5.59. The monoisotopic (exact) mass is 271 g/mol. The maximum absolute atomic E-state index is 5.59. The predicted octanol–water partition coefficient (Wildman–Crippen LogP) is 0.365. The SMILES string of the molecule is CCOC(CCN1CCN(C2CNC2)CC1)OCC. The average Bonchev–Trinajstić information content (AvgIpc) is 2.36. The maximum Gasteiger partial charge on any atom is 0.158 e. The van der Waals surface area contributed by atoms with Gasteiger partial charge in [0.1, 0.15) is 0 Å². The van der Waals surface area contributed by atoms with Crippen molar-refractivity contribution in [2.24, 2.45) is 0 Å². The number of hydrogen-bond donors (Lipinski definition) is 1. The molecule has 5 nitrogen and oxygen atoms in total. The second-order valence-corrected chi connectivity index (χ2v) is 5.32. The minimum atomic E-state index is -0.0242. The molecule has 2 rings (SSSR count). The molecule has 2 fully saturated rings. The average molecular weight is 271 g/mol. The van der Waals surface area contributed by atoms with Crippen LogP contribution in [0.4, 0.5) is 0 Å². The molecular weight excluding hydrogens is 242 g/mol. The lowest BCUT2D eigenvalue weighted by atomic mass is 10.1. The quantitative estimate of drug-likeness (QED) is 0.645. The molecule has 112 valence electrons. The summed E-state index contributed by atoms with van der Waals surface area (Å²) < 4.78 is 11.2. The molecule has 0 aromatic rings. The molecule has 0 aromatic carbocycles. The molecule has 0 aromatic heterocycles. The fourth-order valence-electron chi connectivity index (χ4n) is 2.76. The summed E-state index contributed by atoms with van der Waals surface area (Å²) >= 11 is 0. The van der Waals surface area contributed by atoms with Crippen LogP contribution < -0.4 is 5.32 Å². The summed E-state index contributed by atoms with van der Waals surface area (Å²) in [6, 6.07) is 0.793. The Morgan fingerprint density at radius 1 is 1.05 bits per heavy atom. The van der Waals surface area contributed by atoms with E-state index in [2.05, 4.69) is 15.1 Å². The van der Waals surface area contributed by atoms with Gasteiger partial charge < -0.3 is 19.7 Å². The largest absolute Gasteiger partial charge is 0.353 e. The van der Waals surface area contributed by atoms with Crippen molar-refractivity contribution in [1.82, 2.24) is 15.1 Å². The van der Waals surface area contributed by atoms with Crippen molar-refractivity contribution in [3.8, 4) is 0 Å². The highest BCUT2D eigenvalue weighted by Crippen LogP contribution is 2.11. The number of piperazine rings is 1. The third kappa shape index (κ3) is 4.68. The second kappa shape index (κ2) is 8.17. The van der Waals surface area contributed by atoms with E-state index in [-0.39, 0.29) is 6.29 Å². The van der Waals surface area contributed by atoms with Gasteiger partial charge in [0, 0.05) is 71.5 Å². The van der Waals surface area contributed by atoms with Crippen molar-refractivity contribution in [3.05, 3.63) is 0 Å². The number of nitrogens with zero attached hydrogens (tertiary/aromatic N) is 2. The Kier molecular flexibility index (Phi) is 6.53. The number of rotatable bonds is 8. The van der Waals surface area contributed by atoms with E-state index in [1.165, 1.54) is 39.3 Å². The van der Waals surface area contributed by atoms with E-state index in [9.17, 15) is 0 Å². The topological polar surface area (TPSA) is 37.0 Å². The zero-order chi connectivity index (χ0) is 13.5. The molecule has 0 radical (unpaired) electrons.